The first-order valence-corrected chi connectivity index (χ1v) is 5.97. The number of nitrogens with two attached hydrogens (primary N) is 1. The molecule has 2 fully saturated rings. The summed E-state index contributed by atoms with van der Waals surface area (Å²) >= 11 is 0. The Labute approximate surface area is 91.2 Å². The first kappa shape index (κ1) is 10.7. The second-order valence-electron chi connectivity index (χ2n) is 5.00. The van der Waals surface area contributed by atoms with E-state index in [1.807, 2.05) is 4.90 Å². The first-order valence-electron chi connectivity index (χ1n) is 5.97. The molecule has 15 heavy (non-hydrogen) atoms. The van der Waals surface area contributed by atoms with Gasteiger partial charge in [0.15, 0.2) is 0 Å². The van der Waals surface area contributed by atoms with Gasteiger partial charge >= 0.3 is 6.03 Å². The Kier molecular flexibility index (Phi) is 2.87. The molecule has 1 aliphatic carbocycles. The van der Waals surface area contributed by atoms with Crippen molar-refractivity contribution in [3.63, 3.8) is 0 Å². The number of hydrogen-bond acceptors (Lipinski definition) is 2. The molecule has 3 N–H and O–H groups in total. The van der Waals surface area contributed by atoms with E-state index in [4.69, 9.17) is 5.73 Å². The highest BCUT2D eigenvalue weighted by molar-refractivity contribution is 5.76. The van der Waals surface area contributed by atoms with E-state index in [1.54, 1.807) is 0 Å². The monoisotopic (exact) mass is 211 g/mol. The number of carbonyl (C=O) groups excluding carboxylic acids is 1. The summed E-state index contributed by atoms with van der Waals surface area (Å²) in [6.45, 7) is 3.50. The van der Waals surface area contributed by atoms with Crippen LogP contribution in [0.1, 0.15) is 39.0 Å². The maximum atomic E-state index is 11.7. The van der Waals surface area contributed by atoms with Crippen molar-refractivity contribution < 1.29 is 4.79 Å². The third kappa shape index (κ3) is 2.25. The van der Waals surface area contributed by atoms with Gasteiger partial charge in [-0.1, -0.05) is 19.8 Å². The van der Waals surface area contributed by atoms with Crippen LogP contribution in [0.5, 0.6) is 0 Å². The second kappa shape index (κ2) is 4.00. The van der Waals surface area contributed by atoms with Crippen molar-refractivity contribution in [3.05, 3.63) is 0 Å². The molecule has 86 valence electrons. The van der Waals surface area contributed by atoms with Crippen molar-refractivity contribution in [3.8, 4) is 0 Å². The number of likely N-dealkylation sites (tertiary alicyclic amines) is 1. The zero-order valence-corrected chi connectivity index (χ0v) is 9.46. The third-order valence-corrected chi connectivity index (χ3v) is 3.69. The maximum Gasteiger partial charge on any atom is 0.317 e. The molecular weight excluding hydrogens is 190 g/mol. The van der Waals surface area contributed by atoms with E-state index in [0.29, 0.717) is 19.1 Å². The van der Waals surface area contributed by atoms with E-state index in [9.17, 15) is 4.79 Å². The molecule has 1 saturated carbocycles. The van der Waals surface area contributed by atoms with Crippen LogP contribution in [0.2, 0.25) is 0 Å². The Hall–Kier alpha value is -0.770. The van der Waals surface area contributed by atoms with E-state index in [1.165, 1.54) is 12.8 Å². The summed E-state index contributed by atoms with van der Waals surface area (Å²) in [6.07, 6.45) is 5.73. The number of rotatable bonds is 2. The number of urea groups is 1. The Morgan fingerprint density at radius 3 is 2.60 bits per heavy atom. The van der Waals surface area contributed by atoms with Crippen LogP contribution in [-0.2, 0) is 0 Å². The van der Waals surface area contributed by atoms with Crippen LogP contribution in [0.15, 0.2) is 0 Å². The minimum Gasteiger partial charge on any atom is -0.335 e. The molecule has 0 aromatic carbocycles. The Bertz CT molecular complexity index is 242. The van der Waals surface area contributed by atoms with Gasteiger partial charge in [-0.25, -0.2) is 4.79 Å². The lowest BCUT2D eigenvalue weighted by Crippen LogP contribution is -2.70. The van der Waals surface area contributed by atoms with Gasteiger partial charge in [-0.05, 0) is 19.3 Å². The van der Waals surface area contributed by atoms with Gasteiger partial charge in [0.05, 0.1) is 5.54 Å². The van der Waals surface area contributed by atoms with Gasteiger partial charge in [-0.15, -0.1) is 0 Å². The molecule has 1 saturated heterocycles. The van der Waals surface area contributed by atoms with Gasteiger partial charge in [0.1, 0.15) is 0 Å². The molecule has 2 amide bonds. The minimum absolute atomic E-state index is 0.0800. The van der Waals surface area contributed by atoms with Crippen LogP contribution in [0, 0.1) is 0 Å². The van der Waals surface area contributed by atoms with Crippen molar-refractivity contribution in [1.29, 1.82) is 0 Å². The molecule has 0 atom stereocenters. The Morgan fingerprint density at radius 2 is 2.07 bits per heavy atom. The van der Waals surface area contributed by atoms with Crippen molar-refractivity contribution in [2.24, 2.45) is 5.73 Å². The first-order chi connectivity index (χ1) is 7.13. The van der Waals surface area contributed by atoms with Gasteiger partial charge < -0.3 is 16.0 Å². The molecule has 0 aromatic heterocycles. The molecule has 0 spiro atoms. The van der Waals surface area contributed by atoms with Crippen molar-refractivity contribution >= 4 is 6.03 Å². The summed E-state index contributed by atoms with van der Waals surface area (Å²) in [7, 11) is 0. The fourth-order valence-electron chi connectivity index (χ4n) is 2.42. The van der Waals surface area contributed by atoms with Gasteiger partial charge in [-0.3, -0.25) is 0 Å². The SMILES string of the molecule is CCC1(N)CN(C(=O)NC2CCCC2)C1. The van der Waals surface area contributed by atoms with Gasteiger partial charge in [0, 0.05) is 19.1 Å². The van der Waals surface area contributed by atoms with Crippen LogP contribution < -0.4 is 11.1 Å². The lowest BCUT2D eigenvalue weighted by molar-refractivity contribution is 0.0918. The van der Waals surface area contributed by atoms with Crippen LogP contribution in [-0.4, -0.2) is 35.6 Å². The molecule has 1 heterocycles. The summed E-state index contributed by atoms with van der Waals surface area (Å²) < 4.78 is 0. The van der Waals surface area contributed by atoms with Gasteiger partial charge in [-0.2, -0.15) is 0 Å². The van der Waals surface area contributed by atoms with E-state index >= 15 is 0 Å². The molecule has 0 bridgehead atoms. The predicted molar refractivity (Wildman–Crippen MR) is 59.6 cm³/mol. The topological polar surface area (TPSA) is 58.4 Å². The van der Waals surface area contributed by atoms with E-state index < -0.39 is 0 Å². The lowest BCUT2D eigenvalue weighted by atomic mass is 9.89. The zero-order chi connectivity index (χ0) is 10.9. The number of nitrogens with one attached hydrogen (secondary N) is 1. The van der Waals surface area contributed by atoms with Crippen molar-refractivity contribution in [1.82, 2.24) is 10.2 Å². The summed E-state index contributed by atoms with van der Waals surface area (Å²) in [5.41, 5.74) is 5.90. The quantitative estimate of drug-likeness (QED) is 0.717. The second-order valence-corrected chi connectivity index (χ2v) is 5.00. The highest BCUT2D eigenvalue weighted by Crippen LogP contribution is 2.23. The van der Waals surface area contributed by atoms with Crippen LogP contribution in [0.4, 0.5) is 4.79 Å². The fourth-order valence-corrected chi connectivity index (χ4v) is 2.42. The summed E-state index contributed by atoms with van der Waals surface area (Å²) in [4.78, 5) is 13.6. The van der Waals surface area contributed by atoms with Crippen molar-refractivity contribution in [2.45, 2.75) is 50.6 Å². The molecule has 0 aromatic rings. The molecule has 2 aliphatic rings. The zero-order valence-electron chi connectivity index (χ0n) is 9.46. The molecule has 4 nitrogen and oxygen atoms in total. The number of hydrogen-bond donors (Lipinski definition) is 2. The number of nitrogens with zero attached hydrogens (tertiary/aromatic N) is 1. The van der Waals surface area contributed by atoms with E-state index in [0.717, 1.165) is 19.3 Å². The molecule has 4 heteroatoms. The lowest BCUT2D eigenvalue weighted by Gasteiger charge is -2.47. The molecule has 0 radical (unpaired) electrons. The average molecular weight is 211 g/mol. The molecule has 0 unspecified atom stereocenters. The summed E-state index contributed by atoms with van der Waals surface area (Å²) in [5, 5.41) is 3.07. The highest BCUT2D eigenvalue weighted by Gasteiger charge is 2.40. The Morgan fingerprint density at radius 1 is 1.47 bits per heavy atom. The molecule has 1 aliphatic heterocycles. The predicted octanol–water partition coefficient (Wildman–Crippen LogP) is 1.06. The number of carbonyl (C=O) groups is 1. The third-order valence-electron chi connectivity index (χ3n) is 3.69. The van der Waals surface area contributed by atoms with Gasteiger partial charge in [0.25, 0.3) is 0 Å². The van der Waals surface area contributed by atoms with E-state index in [-0.39, 0.29) is 11.6 Å². The normalized spacial score (nSPS) is 25.1. The standard InChI is InChI=1S/C11H21N3O/c1-2-11(12)7-14(8-11)10(15)13-9-5-3-4-6-9/h9H,2-8,12H2,1H3,(H,13,15). The van der Waals surface area contributed by atoms with Crippen LogP contribution >= 0.6 is 0 Å². The van der Waals surface area contributed by atoms with E-state index in [2.05, 4.69) is 12.2 Å². The van der Waals surface area contributed by atoms with Crippen LogP contribution in [0.3, 0.4) is 0 Å². The molecule has 2 rings (SSSR count). The highest BCUT2D eigenvalue weighted by atomic mass is 16.2. The minimum atomic E-state index is -0.118. The summed E-state index contributed by atoms with van der Waals surface area (Å²) in [6, 6.07) is 0.489. The summed E-state index contributed by atoms with van der Waals surface area (Å²) in [5.74, 6) is 0. The van der Waals surface area contributed by atoms with Crippen molar-refractivity contribution in [2.75, 3.05) is 13.1 Å². The van der Waals surface area contributed by atoms with Gasteiger partial charge in [0.2, 0.25) is 0 Å². The maximum absolute atomic E-state index is 11.7. The molecular formula is C11H21N3O. The number of amides is 2. The fraction of sp³-hybridized carbons (Fsp3) is 0.909. The largest absolute Gasteiger partial charge is 0.335 e. The average Bonchev–Trinajstić information content (AvgIpc) is 2.65. The Balaban J connectivity index is 1.74. The van der Waals surface area contributed by atoms with Crippen LogP contribution in [0.25, 0.3) is 0 Å². The smallest absolute Gasteiger partial charge is 0.317 e.